The van der Waals surface area contributed by atoms with Crippen LogP contribution in [0.4, 0.5) is 4.39 Å². The number of ketones is 1. The molecule has 8 nitrogen and oxygen atoms in total. The van der Waals surface area contributed by atoms with Crippen molar-refractivity contribution in [2.45, 2.75) is 109 Å². The van der Waals surface area contributed by atoms with Crippen LogP contribution in [0.2, 0.25) is 0 Å². The number of thiazole rings is 1. The Hall–Kier alpha value is -1.72. The zero-order chi connectivity index (χ0) is 27.0. The molecule has 206 valence electrons. The summed E-state index contributed by atoms with van der Waals surface area (Å²) in [5.41, 5.74) is -1.51. The second kappa shape index (κ2) is 10.8. The van der Waals surface area contributed by atoms with Crippen LogP contribution in [-0.4, -0.2) is 63.1 Å². The third-order valence-electron chi connectivity index (χ3n) is 8.46. The van der Waals surface area contributed by atoms with Gasteiger partial charge in [0.15, 0.2) is 5.79 Å². The first-order valence-corrected chi connectivity index (χ1v) is 14.1. The van der Waals surface area contributed by atoms with Crippen LogP contribution >= 0.6 is 11.3 Å². The molecule has 0 bridgehead atoms. The second-order valence-corrected chi connectivity index (χ2v) is 12.2. The normalized spacial score (nSPS) is 37.5. The summed E-state index contributed by atoms with van der Waals surface area (Å²) in [7, 11) is 0. The number of carbonyl (C=O) groups excluding carboxylic acids is 2. The number of ether oxygens (including phenoxy) is 2. The fourth-order valence-corrected chi connectivity index (χ4v) is 6.32. The molecule has 3 aliphatic rings. The van der Waals surface area contributed by atoms with Crippen LogP contribution in [0.1, 0.15) is 82.8 Å². The maximum Gasteiger partial charge on any atom is 0.223 e. The molecule has 2 aliphatic heterocycles. The van der Waals surface area contributed by atoms with Crippen LogP contribution in [0, 0.1) is 18.3 Å². The van der Waals surface area contributed by atoms with E-state index in [1.54, 1.807) is 12.3 Å². The standard InChI is InChI=1S/C27H39FN2O6S/c1-5-18-11-16(2)35-10-9-25(4)27(34,36-25)14-21(20(28)12-19-15-37-17(3)29-19)30-23(32)13-22(31)26(24(18)33)7-6-8-26/h12,15-16,18,21-22,31,34H,5-11,13-14H2,1-4H3,(H,30,32)/t16-,18-,21+,22+,25-,27+/m1/s1. The number of hydrogen-bond acceptors (Lipinski definition) is 8. The van der Waals surface area contributed by atoms with E-state index < -0.39 is 40.7 Å². The fourth-order valence-electron chi connectivity index (χ4n) is 5.75. The molecule has 1 aromatic heterocycles. The van der Waals surface area contributed by atoms with E-state index in [-0.39, 0.29) is 30.6 Å². The third kappa shape index (κ3) is 5.83. The maximum atomic E-state index is 15.5. The topological polar surface area (TPSA) is 121 Å². The lowest BCUT2D eigenvalue weighted by atomic mass is 9.59. The Labute approximate surface area is 221 Å². The van der Waals surface area contributed by atoms with Crippen molar-refractivity contribution in [3.63, 3.8) is 0 Å². The number of nitrogens with one attached hydrogen (secondary N) is 1. The molecule has 1 aromatic rings. The number of carbonyl (C=O) groups is 2. The summed E-state index contributed by atoms with van der Waals surface area (Å²) in [4.78, 5) is 30.9. The van der Waals surface area contributed by atoms with Crippen LogP contribution in [0.25, 0.3) is 6.08 Å². The Kier molecular flexibility index (Phi) is 8.26. The van der Waals surface area contributed by atoms with Gasteiger partial charge < -0.3 is 25.0 Å². The molecule has 1 amide bonds. The Morgan fingerprint density at radius 2 is 2.08 bits per heavy atom. The summed E-state index contributed by atoms with van der Waals surface area (Å²) in [5.74, 6) is -3.21. The molecule has 3 fully saturated rings. The summed E-state index contributed by atoms with van der Waals surface area (Å²) in [6.07, 6.45) is 2.68. The minimum atomic E-state index is -1.65. The quantitative estimate of drug-likeness (QED) is 0.500. The molecule has 6 atom stereocenters. The molecule has 1 saturated carbocycles. The van der Waals surface area contributed by atoms with Gasteiger partial charge in [-0.05, 0) is 52.5 Å². The molecule has 10 heteroatoms. The molecule has 37 heavy (non-hydrogen) atoms. The zero-order valence-electron chi connectivity index (χ0n) is 22.1. The van der Waals surface area contributed by atoms with Crippen molar-refractivity contribution < 1.29 is 33.7 Å². The molecule has 3 heterocycles. The Balaban J connectivity index is 1.61. The van der Waals surface area contributed by atoms with E-state index in [4.69, 9.17) is 9.47 Å². The molecule has 0 radical (unpaired) electrons. The lowest BCUT2D eigenvalue weighted by Gasteiger charge is -2.46. The molecular formula is C27H39FN2O6S. The number of aliphatic hydroxyl groups excluding tert-OH is 1. The second-order valence-electron chi connectivity index (χ2n) is 11.1. The number of hydrogen-bond donors (Lipinski definition) is 3. The van der Waals surface area contributed by atoms with Crippen molar-refractivity contribution in [2.24, 2.45) is 11.3 Å². The molecule has 3 N–H and O–H groups in total. The first kappa shape index (κ1) is 28.3. The van der Waals surface area contributed by atoms with E-state index >= 15 is 4.39 Å². The molecule has 0 aromatic carbocycles. The van der Waals surface area contributed by atoms with Gasteiger partial charge in [-0.2, -0.15) is 0 Å². The maximum absolute atomic E-state index is 15.5. The zero-order valence-corrected chi connectivity index (χ0v) is 22.9. The van der Waals surface area contributed by atoms with Crippen molar-refractivity contribution in [2.75, 3.05) is 6.61 Å². The number of amides is 1. The number of aromatic nitrogens is 1. The molecule has 0 unspecified atom stereocenters. The van der Waals surface area contributed by atoms with Gasteiger partial charge in [-0.25, -0.2) is 9.37 Å². The van der Waals surface area contributed by atoms with Gasteiger partial charge in [0.1, 0.15) is 17.2 Å². The average Bonchev–Trinajstić information content (AvgIpc) is 3.07. The van der Waals surface area contributed by atoms with E-state index in [2.05, 4.69) is 10.3 Å². The van der Waals surface area contributed by atoms with E-state index in [9.17, 15) is 19.8 Å². The van der Waals surface area contributed by atoms with Crippen LogP contribution in [-0.2, 0) is 19.1 Å². The lowest BCUT2D eigenvalue weighted by Crippen LogP contribution is -2.52. The molecule has 2 saturated heterocycles. The monoisotopic (exact) mass is 538 g/mol. The van der Waals surface area contributed by atoms with Gasteiger partial charge in [-0.15, -0.1) is 11.3 Å². The largest absolute Gasteiger partial charge is 0.392 e. The number of fused-ring (bicyclic) bond motifs is 1. The summed E-state index contributed by atoms with van der Waals surface area (Å²) in [6, 6.07) is -1.20. The van der Waals surface area contributed by atoms with Crippen LogP contribution in [0.3, 0.4) is 0 Å². The highest BCUT2D eigenvalue weighted by Crippen LogP contribution is 2.52. The van der Waals surface area contributed by atoms with E-state index in [1.807, 2.05) is 20.8 Å². The molecule has 1 spiro atoms. The molecule has 1 aliphatic carbocycles. The van der Waals surface area contributed by atoms with Crippen LogP contribution in [0.5, 0.6) is 0 Å². The van der Waals surface area contributed by atoms with Crippen molar-refractivity contribution >= 4 is 29.1 Å². The predicted octanol–water partition coefficient (Wildman–Crippen LogP) is 3.83. The van der Waals surface area contributed by atoms with Crippen LogP contribution < -0.4 is 5.32 Å². The Morgan fingerprint density at radius 1 is 1.35 bits per heavy atom. The van der Waals surface area contributed by atoms with E-state index in [0.717, 1.165) is 11.4 Å². The minimum Gasteiger partial charge on any atom is -0.392 e. The molecule has 4 rings (SSSR count). The van der Waals surface area contributed by atoms with Gasteiger partial charge in [0.25, 0.3) is 0 Å². The van der Waals surface area contributed by atoms with Gasteiger partial charge in [0.2, 0.25) is 5.91 Å². The predicted molar refractivity (Wildman–Crippen MR) is 137 cm³/mol. The van der Waals surface area contributed by atoms with E-state index in [1.165, 1.54) is 17.4 Å². The highest BCUT2D eigenvalue weighted by atomic mass is 32.1. The number of rotatable bonds is 3. The first-order valence-electron chi connectivity index (χ1n) is 13.3. The lowest BCUT2D eigenvalue weighted by molar-refractivity contribution is -0.152. The van der Waals surface area contributed by atoms with Gasteiger partial charge in [0, 0.05) is 30.7 Å². The summed E-state index contributed by atoms with van der Waals surface area (Å²) in [5, 5.41) is 27.4. The third-order valence-corrected chi connectivity index (χ3v) is 9.26. The average molecular weight is 539 g/mol. The first-order chi connectivity index (χ1) is 17.4. The Bertz CT molecular complexity index is 1040. The van der Waals surface area contributed by atoms with Gasteiger partial charge in [-0.3, -0.25) is 9.59 Å². The smallest absolute Gasteiger partial charge is 0.223 e. The number of Topliss-reactive ketones (excluding diaryl/α,β-unsaturated/α-hetero) is 1. The summed E-state index contributed by atoms with van der Waals surface area (Å²) >= 11 is 1.38. The number of halogens is 1. The van der Waals surface area contributed by atoms with Gasteiger partial charge in [0.05, 0.1) is 40.8 Å². The summed E-state index contributed by atoms with van der Waals surface area (Å²) in [6.45, 7) is 7.70. The highest BCUT2D eigenvalue weighted by molar-refractivity contribution is 7.09. The van der Waals surface area contributed by atoms with Crippen molar-refractivity contribution in [1.29, 1.82) is 0 Å². The number of epoxide rings is 1. The Morgan fingerprint density at radius 3 is 2.68 bits per heavy atom. The van der Waals surface area contributed by atoms with Crippen LogP contribution in [0.15, 0.2) is 11.2 Å². The molecular weight excluding hydrogens is 499 g/mol. The van der Waals surface area contributed by atoms with Crippen molar-refractivity contribution in [3.8, 4) is 0 Å². The fraction of sp³-hybridized carbons (Fsp3) is 0.741. The van der Waals surface area contributed by atoms with Gasteiger partial charge in [-0.1, -0.05) is 13.3 Å². The van der Waals surface area contributed by atoms with Gasteiger partial charge >= 0.3 is 0 Å². The van der Waals surface area contributed by atoms with Crippen molar-refractivity contribution in [3.05, 3.63) is 21.9 Å². The minimum absolute atomic E-state index is 0.0162. The number of aryl methyl sites for hydroxylation is 1. The SMILES string of the molecule is CC[C@@H]1C[C@@H](C)OCC[C@@]2(C)O[C@@]2(O)C[C@@H](C(F)=Cc2csc(C)n2)NC(=O)C[C@H](O)C2(CCC2)C1=O. The summed E-state index contributed by atoms with van der Waals surface area (Å²) < 4.78 is 27.1. The number of nitrogens with zero attached hydrogens (tertiary/aromatic N) is 1. The highest BCUT2D eigenvalue weighted by Gasteiger charge is 2.66. The van der Waals surface area contributed by atoms with E-state index in [0.29, 0.717) is 44.4 Å². The van der Waals surface area contributed by atoms with Crippen molar-refractivity contribution in [1.82, 2.24) is 10.3 Å². The number of aliphatic hydroxyl groups is 2.